The summed E-state index contributed by atoms with van der Waals surface area (Å²) in [7, 11) is 0. The van der Waals surface area contributed by atoms with E-state index in [0.717, 1.165) is 35.8 Å². The minimum Gasteiger partial charge on any atom is -0.314 e. The lowest BCUT2D eigenvalue weighted by molar-refractivity contribution is -0.0175. The third-order valence-electron chi connectivity index (χ3n) is 6.50. The van der Waals surface area contributed by atoms with Crippen molar-refractivity contribution in [3.63, 3.8) is 0 Å². The number of hydrogen-bond donors (Lipinski definition) is 2. The van der Waals surface area contributed by atoms with Crippen LogP contribution in [0.4, 0.5) is 0 Å². The second-order valence-electron chi connectivity index (χ2n) is 8.05. The fraction of sp³-hybridized carbons (Fsp3) is 1.00. The second kappa shape index (κ2) is 5.04. The topological polar surface area (TPSA) is 24.1 Å². The van der Waals surface area contributed by atoms with Gasteiger partial charge in [0.1, 0.15) is 0 Å². The van der Waals surface area contributed by atoms with Gasteiger partial charge in [-0.25, -0.2) is 0 Å². The Labute approximate surface area is 118 Å². The van der Waals surface area contributed by atoms with Crippen LogP contribution in [0.5, 0.6) is 0 Å². The third kappa shape index (κ3) is 2.47. The fourth-order valence-corrected chi connectivity index (χ4v) is 5.98. The first-order valence-corrected chi connectivity index (χ1v) is 8.77. The Kier molecular flexibility index (Phi) is 3.35. The molecule has 19 heavy (non-hydrogen) atoms. The monoisotopic (exact) mass is 262 g/mol. The number of hydrogen-bond acceptors (Lipinski definition) is 2. The average Bonchev–Trinajstić information content (AvgIpc) is 2.85. The molecule has 0 aromatic heterocycles. The summed E-state index contributed by atoms with van der Waals surface area (Å²) in [5.74, 6) is 4.25. The van der Waals surface area contributed by atoms with Crippen molar-refractivity contribution in [2.75, 3.05) is 6.54 Å². The molecule has 0 aromatic rings. The molecule has 2 unspecified atom stereocenters. The molecule has 5 fully saturated rings. The summed E-state index contributed by atoms with van der Waals surface area (Å²) in [5, 5.41) is 7.70. The van der Waals surface area contributed by atoms with Gasteiger partial charge in [0.25, 0.3) is 0 Å². The highest BCUT2D eigenvalue weighted by Gasteiger charge is 2.48. The highest BCUT2D eigenvalue weighted by Crippen LogP contribution is 2.53. The first-order chi connectivity index (χ1) is 9.28. The van der Waals surface area contributed by atoms with Gasteiger partial charge in [-0.1, -0.05) is 0 Å². The molecule has 5 aliphatic rings. The molecule has 108 valence electrons. The summed E-state index contributed by atoms with van der Waals surface area (Å²) >= 11 is 0. The summed E-state index contributed by atoms with van der Waals surface area (Å²) in [4.78, 5) is 0. The van der Waals surface area contributed by atoms with Crippen LogP contribution in [0.3, 0.4) is 0 Å². The van der Waals surface area contributed by atoms with Gasteiger partial charge in [0, 0.05) is 18.1 Å². The minimum absolute atomic E-state index is 0.707. The zero-order valence-electron chi connectivity index (χ0n) is 12.4. The molecule has 1 aliphatic heterocycles. The molecule has 0 aromatic carbocycles. The van der Waals surface area contributed by atoms with E-state index in [4.69, 9.17) is 0 Å². The largest absolute Gasteiger partial charge is 0.314 e. The summed E-state index contributed by atoms with van der Waals surface area (Å²) < 4.78 is 0. The number of nitrogens with one attached hydrogen (secondary N) is 2. The molecule has 2 N–H and O–H groups in total. The highest BCUT2D eigenvalue weighted by atomic mass is 15.0. The summed E-state index contributed by atoms with van der Waals surface area (Å²) in [6, 6.07) is 2.36. The van der Waals surface area contributed by atoms with Crippen LogP contribution in [0.1, 0.15) is 58.3 Å². The average molecular weight is 262 g/mol. The van der Waals surface area contributed by atoms with E-state index in [1.165, 1.54) is 25.8 Å². The molecule has 2 heteroatoms. The summed E-state index contributed by atoms with van der Waals surface area (Å²) in [6.45, 7) is 3.67. The van der Waals surface area contributed by atoms with E-state index < -0.39 is 0 Å². The van der Waals surface area contributed by atoms with Crippen LogP contribution >= 0.6 is 0 Å². The standard InChI is InChI=1S/C17H30N2/c1-11(5-16-3-2-4-18-16)19-17-14-7-12-6-13(9-14)10-15(17)8-12/h11-19H,2-10H2,1H3. The van der Waals surface area contributed by atoms with E-state index >= 15 is 0 Å². The van der Waals surface area contributed by atoms with E-state index in [9.17, 15) is 0 Å². The van der Waals surface area contributed by atoms with Crippen LogP contribution in [0.25, 0.3) is 0 Å². The van der Waals surface area contributed by atoms with Crippen molar-refractivity contribution in [1.82, 2.24) is 10.6 Å². The van der Waals surface area contributed by atoms with Crippen LogP contribution in [-0.4, -0.2) is 24.7 Å². The molecular weight excluding hydrogens is 232 g/mol. The maximum Gasteiger partial charge on any atom is 0.0126 e. The van der Waals surface area contributed by atoms with Gasteiger partial charge < -0.3 is 10.6 Å². The van der Waals surface area contributed by atoms with Gasteiger partial charge >= 0.3 is 0 Å². The van der Waals surface area contributed by atoms with Gasteiger partial charge in [-0.05, 0) is 88.5 Å². The Hall–Kier alpha value is -0.0800. The Morgan fingerprint density at radius 1 is 1.05 bits per heavy atom. The molecule has 4 aliphatic carbocycles. The predicted octanol–water partition coefficient (Wildman–Crippen LogP) is 2.93. The van der Waals surface area contributed by atoms with Crippen molar-refractivity contribution in [3.8, 4) is 0 Å². The first kappa shape index (κ1) is 12.6. The van der Waals surface area contributed by atoms with E-state index in [2.05, 4.69) is 17.6 Å². The van der Waals surface area contributed by atoms with E-state index in [1.54, 1.807) is 32.1 Å². The maximum atomic E-state index is 4.05. The predicted molar refractivity (Wildman–Crippen MR) is 79.1 cm³/mol. The van der Waals surface area contributed by atoms with E-state index in [0.29, 0.717) is 6.04 Å². The smallest absolute Gasteiger partial charge is 0.0126 e. The first-order valence-electron chi connectivity index (χ1n) is 8.77. The second-order valence-corrected chi connectivity index (χ2v) is 8.05. The van der Waals surface area contributed by atoms with Crippen LogP contribution < -0.4 is 10.6 Å². The maximum absolute atomic E-state index is 4.05. The zero-order chi connectivity index (χ0) is 12.8. The Bertz CT molecular complexity index is 293. The lowest BCUT2D eigenvalue weighted by Crippen LogP contribution is -2.56. The molecule has 2 atom stereocenters. The molecule has 1 heterocycles. The van der Waals surface area contributed by atoms with Gasteiger partial charge in [-0.2, -0.15) is 0 Å². The van der Waals surface area contributed by atoms with Crippen molar-refractivity contribution in [2.45, 2.75) is 76.4 Å². The molecule has 0 spiro atoms. The number of rotatable bonds is 4. The normalized spacial score (nSPS) is 49.7. The molecule has 1 saturated heterocycles. The molecule has 4 saturated carbocycles. The van der Waals surface area contributed by atoms with Crippen molar-refractivity contribution < 1.29 is 0 Å². The van der Waals surface area contributed by atoms with Crippen LogP contribution in [-0.2, 0) is 0 Å². The Morgan fingerprint density at radius 2 is 1.74 bits per heavy atom. The lowest BCUT2D eigenvalue weighted by Gasteiger charge is -2.55. The van der Waals surface area contributed by atoms with Crippen molar-refractivity contribution in [1.29, 1.82) is 0 Å². The van der Waals surface area contributed by atoms with Crippen molar-refractivity contribution in [2.24, 2.45) is 23.7 Å². The lowest BCUT2D eigenvalue weighted by atomic mass is 9.54. The molecular formula is C17H30N2. The van der Waals surface area contributed by atoms with Gasteiger partial charge in [0.2, 0.25) is 0 Å². The van der Waals surface area contributed by atoms with Crippen LogP contribution in [0.15, 0.2) is 0 Å². The Balaban J connectivity index is 1.34. The summed E-state index contributed by atoms with van der Waals surface area (Å²) in [6.07, 6.45) is 11.9. The molecule has 0 radical (unpaired) electrons. The highest BCUT2D eigenvalue weighted by molar-refractivity contribution is 5.02. The zero-order valence-corrected chi connectivity index (χ0v) is 12.4. The SMILES string of the molecule is CC(CC1CCCN1)NC1C2CC3CC(C2)CC1C3. The van der Waals surface area contributed by atoms with Crippen LogP contribution in [0, 0.1) is 23.7 Å². The van der Waals surface area contributed by atoms with Crippen molar-refractivity contribution >= 4 is 0 Å². The van der Waals surface area contributed by atoms with E-state index in [-0.39, 0.29) is 0 Å². The van der Waals surface area contributed by atoms with Crippen molar-refractivity contribution in [3.05, 3.63) is 0 Å². The molecule has 2 nitrogen and oxygen atoms in total. The summed E-state index contributed by atoms with van der Waals surface area (Å²) in [5.41, 5.74) is 0. The molecule has 0 amide bonds. The fourth-order valence-electron chi connectivity index (χ4n) is 5.98. The van der Waals surface area contributed by atoms with Gasteiger partial charge in [-0.15, -0.1) is 0 Å². The van der Waals surface area contributed by atoms with E-state index in [1.807, 2.05) is 0 Å². The molecule has 5 rings (SSSR count). The molecule has 4 bridgehead atoms. The van der Waals surface area contributed by atoms with Gasteiger partial charge in [-0.3, -0.25) is 0 Å². The minimum atomic E-state index is 0.707. The van der Waals surface area contributed by atoms with Gasteiger partial charge in [0.05, 0.1) is 0 Å². The Morgan fingerprint density at radius 3 is 2.32 bits per heavy atom. The quantitative estimate of drug-likeness (QED) is 0.814. The van der Waals surface area contributed by atoms with Gasteiger partial charge in [0.15, 0.2) is 0 Å². The third-order valence-corrected chi connectivity index (χ3v) is 6.50. The van der Waals surface area contributed by atoms with Crippen LogP contribution in [0.2, 0.25) is 0 Å².